The summed E-state index contributed by atoms with van der Waals surface area (Å²) < 4.78 is 164. The molecular weight excluding hydrogens is 535 g/mol. The predicted molar refractivity (Wildman–Crippen MR) is 71.5 cm³/mol. The molecule has 1 aromatic carbocycles. The summed E-state index contributed by atoms with van der Waals surface area (Å²) in [4.78, 5) is -1.62. The molecule has 150 valence electrons. The third kappa shape index (κ3) is 3.91. The van der Waals surface area contributed by atoms with Crippen LogP contribution in [0.3, 0.4) is 0 Å². The minimum Gasteiger partial charge on any atom is -0.245 e. The lowest BCUT2D eigenvalue weighted by Crippen LogP contribution is -2.59. The van der Waals surface area contributed by atoms with E-state index >= 15 is 0 Å². The SMILES string of the molecule is O=S(c1cc(I)cc(C(F)(C(F)(F)F)C(F)(F)C(F)(F)F)c1)C(F)(F)F. The van der Waals surface area contributed by atoms with Crippen molar-refractivity contribution >= 4 is 33.4 Å². The Morgan fingerprint density at radius 2 is 1.19 bits per heavy atom. The second kappa shape index (κ2) is 6.70. The fraction of sp³-hybridized carbons (Fsp3) is 0.455. The second-order valence-electron chi connectivity index (χ2n) is 4.62. The van der Waals surface area contributed by atoms with Gasteiger partial charge in [0.1, 0.15) is 0 Å². The molecule has 0 bridgehead atoms. The molecule has 0 aliphatic carbocycles. The monoisotopic (exact) mass is 538 g/mol. The molecule has 0 N–H and O–H groups in total. The topological polar surface area (TPSA) is 17.1 Å². The minimum atomic E-state index is -7.04. The van der Waals surface area contributed by atoms with Gasteiger partial charge in [0, 0.05) is 14.0 Å². The summed E-state index contributed by atoms with van der Waals surface area (Å²) in [7, 11) is -4.10. The predicted octanol–water partition coefficient (Wildman–Crippen LogP) is 5.84. The Kier molecular flexibility index (Phi) is 6.00. The van der Waals surface area contributed by atoms with Crippen LogP contribution < -0.4 is 0 Å². The molecule has 15 heteroatoms. The maximum Gasteiger partial charge on any atom is 0.475 e. The molecule has 2 atom stereocenters. The highest BCUT2D eigenvalue weighted by Gasteiger charge is 2.81. The normalized spacial score (nSPS) is 17.7. The maximum atomic E-state index is 14.2. The number of halogens is 13. The smallest absolute Gasteiger partial charge is 0.245 e. The maximum absolute atomic E-state index is 14.2. The molecule has 0 saturated heterocycles. The van der Waals surface area contributed by atoms with E-state index in [0.29, 0.717) is 6.07 Å². The van der Waals surface area contributed by atoms with Gasteiger partial charge in [-0.2, -0.15) is 48.3 Å². The van der Waals surface area contributed by atoms with Crippen LogP contribution in [0.1, 0.15) is 5.56 Å². The highest BCUT2D eigenvalue weighted by molar-refractivity contribution is 14.1. The van der Waals surface area contributed by atoms with E-state index in [1.54, 1.807) is 0 Å². The van der Waals surface area contributed by atoms with Crippen LogP contribution in [-0.4, -0.2) is 28.0 Å². The van der Waals surface area contributed by atoms with Crippen molar-refractivity contribution in [3.63, 3.8) is 0 Å². The van der Waals surface area contributed by atoms with Gasteiger partial charge in [-0.05, 0) is 40.8 Å². The van der Waals surface area contributed by atoms with Crippen LogP contribution in [0.2, 0.25) is 0 Å². The first-order valence-electron chi connectivity index (χ1n) is 5.76. The van der Waals surface area contributed by atoms with Gasteiger partial charge in [-0.25, -0.2) is 8.60 Å². The summed E-state index contributed by atoms with van der Waals surface area (Å²) in [6, 6.07) is -0.431. The molecule has 0 radical (unpaired) electrons. The molecule has 0 fully saturated rings. The van der Waals surface area contributed by atoms with E-state index in [4.69, 9.17) is 0 Å². The summed E-state index contributed by atoms with van der Waals surface area (Å²) in [6.07, 6.45) is -13.9. The first-order chi connectivity index (χ1) is 11.3. The van der Waals surface area contributed by atoms with Crippen molar-refractivity contribution in [2.45, 2.75) is 34.3 Å². The molecule has 0 aliphatic heterocycles. The lowest BCUT2D eigenvalue weighted by molar-refractivity contribution is -0.389. The van der Waals surface area contributed by atoms with Crippen molar-refractivity contribution < 1.29 is 56.9 Å². The quantitative estimate of drug-likeness (QED) is 0.349. The van der Waals surface area contributed by atoms with Crippen molar-refractivity contribution in [3.8, 4) is 0 Å². The van der Waals surface area contributed by atoms with Gasteiger partial charge in [0.25, 0.3) is 0 Å². The van der Waals surface area contributed by atoms with Crippen LogP contribution in [0.15, 0.2) is 23.1 Å². The molecule has 0 saturated carbocycles. The third-order valence-electron chi connectivity index (χ3n) is 2.87. The van der Waals surface area contributed by atoms with Crippen molar-refractivity contribution in [3.05, 3.63) is 27.3 Å². The highest BCUT2D eigenvalue weighted by atomic mass is 127. The first-order valence-corrected chi connectivity index (χ1v) is 7.99. The molecule has 0 spiro atoms. The van der Waals surface area contributed by atoms with E-state index in [0.717, 1.165) is 22.6 Å². The Bertz CT molecular complexity index is 707. The van der Waals surface area contributed by atoms with Crippen molar-refractivity contribution in [1.29, 1.82) is 0 Å². The lowest BCUT2D eigenvalue weighted by Gasteiger charge is -2.36. The zero-order valence-corrected chi connectivity index (χ0v) is 14.4. The average Bonchev–Trinajstić information content (AvgIpc) is 2.41. The van der Waals surface area contributed by atoms with Gasteiger partial charge in [-0.15, -0.1) is 0 Å². The lowest BCUT2D eigenvalue weighted by atomic mass is 9.88. The standard InChI is InChI=1S/C11H3F12IOS/c12-7(9(15,16)17,8(13,14)10(18,19)20)4-1-5(24)3-6(2-4)26(25)11(21,22)23/h1-3H. The molecule has 0 amide bonds. The van der Waals surface area contributed by atoms with Crippen molar-refractivity contribution in [1.82, 2.24) is 0 Å². The van der Waals surface area contributed by atoms with Gasteiger partial charge < -0.3 is 0 Å². The largest absolute Gasteiger partial charge is 0.475 e. The number of benzene rings is 1. The highest BCUT2D eigenvalue weighted by Crippen LogP contribution is 2.58. The Labute approximate surface area is 152 Å². The van der Waals surface area contributed by atoms with Crippen LogP contribution in [0.25, 0.3) is 0 Å². The Balaban J connectivity index is 3.82. The molecule has 0 heterocycles. The molecular formula is C11H3F12IOS. The number of hydrogen-bond acceptors (Lipinski definition) is 1. The number of rotatable bonds is 3. The fourth-order valence-corrected chi connectivity index (χ4v) is 3.34. The number of hydrogen-bond donors (Lipinski definition) is 0. The average molecular weight is 538 g/mol. The minimum absolute atomic E-state index is 0.148. The molecule has 26 heavy (non-hydrogen) atoms. The van der Waals surface area contributed by atoms with Crippen LogP contribution >= 0.6 is 22.6 Å². The molecule has 1 aromatic rings. The summed E-state index contributed by atoms with van der Waals surface area (Å²) in [5.41, 5.74) is -14.5. The molecule has 1 nitrogen and oxygen atoms in total. The van der Waals surface area contributed by atoms with Crippen molar-refractivity contribution in [2.24, 2.45) is 0 Å². The zero-order valence-electron chi connectivity index (χ0n) is 11.5. The molecule has 1 rings (SSSR count). The van der Waals surface area contributed by atoms with Gasteiger partial charge in [-0.3, -0.25) is 0 Å². The Morgan fingerprint density at radius 1 is 0.731 bits per heavy atom. The number of alkyl halides is 12. The van der Waals surface area contributed by atoms with Gasteiger partial charge in [0.2, 0.25) is 0 Å². The van der Waals surface area contributed by atoms with Crippen LogP contribution in [0.4, 0.5) is 52.7 Å². The van der Waals surface area contributed by atoms with Crippen molar-refractivity contribution in [2.75, 3.05) is 0 Å². The third-order valence-corrected chi connectivity index (χ3v) is 4.58. The summed E-state index contributed by atoms with van der Waals surface area (Å²) in [5.74, 6) is -7.04. The van der Waals surface area contributed by atoms with Crippen LogP contribution in [0.5, 0.6) is 0 Å². The van der Waals surface area contributed by atoms with Gasteiger partial charge in [0.15, 0.2) is 10.8 Å². The summed E-state index contributed by atoms with van der Waals surface area (Å²) in [5, 5.41) is 0. The van der Waals surface area contributed by atoms with E-state index in [1.807, 2.05) is 0 Å². The van der Waals surface area contributed by atoms with E-state index in [2.05, 4.69) is 0 Å². The molecule has 2 unspecified atom stereocenters. The van der Waals surface area contributed by atoms with Crippen LogP contribution in [0, 0.1) is 3.57 Å². The zero-order chi connectivity index (χ0) is 20.9. The summed E-state index contributed by atoms with van der Waals surface area (Å²) in [6.45, 7) is 0. The first kappa shape index (κ1) is 23.3. The Hall–Kier alpha value is -0.740. The molecule has 0 aromatic heterocycles. The van der Waals surface area contributed by atoms with Gasteiger partial charge in [0.05, 0.1) is 0 Å². The fourth-order valence-electron chi connectivity index (χ4n) is 1.72. The Morgan fingerprint density at radius 3 is 1.54 bits per heavy atom. The van der Waals surface area contributed by atoms with Gasteiger partial charge >= 0.3 is 29.5 Å². The van der Waals surface area contributed by atoms with E-state index < -0.39 is 60.3 Å². The van der Waals surface area contributed by atoms with Crippen LogP contribution in [-0.2, 0) is 16.5 Å². The van der Waals surface area contributed by atoms with E-state index in [9.17, 15) is 56.9 Å². The van der Waals surface area contributed by atoms with E-state index in [1.165, 1.54) is 0 Å². The second-order valence-corrected chi connectivity index (χ2v) is 7.34. The molecule has 0 aliphatic rings. The summed E-state index contributed by atoms with van der Waals surface area (Å²) >= 11 is 0.948. The van der Waals surface area contributed by atoms with E-state index in [-0.39, 0.29) is 6.07 Å². The van der Waals surface area contributed by atoms with Gasteiger partial charge in [-0.1, -0.05) is 0 Å².